The molecule has 2 aliphatic heterocycles. The molecule has 1 atom stereocenters. The minimum Gasteiger partial charge on any atom is -0.492 e. The molecule has 2 aromatic carbocycles. The number of ether oxygens (including phenoxy) is 3. The zero-order valence-corrected chi connectivity index (χ0v) is 17.5. The van der Waals surface area contributed by atoms with Gasteiger partial charge in [0.05, 0.1) is 12.8 Å². The zero-order valence-electron chi connectivity index (χ0n) is 17.5. The van der Waals surface area contributed by atoms with E-state index < -0.39 is 0 Å². The molecular weight excluding hydrogens is 400 g/mol. The van der Waals surface area contributed by atoms with Gasteiger partial charge in [-0.3, -0.25) is 9.69 Å². The fraction of sp³-hybridized carbons (Fsp3) is 0.333. The Bertz CT molecular complexity index is 1140. The van der Waals surface area contributed by atoms with Crippen LogP contribution in [0.3, 0.4) is 0 Å². The molecule has 3 aromatic rings. The van der Waals surface area contributed by atoms with E-state index in [-0.39, 0.29) is 18.7 Å². The van der Waals surface area contributed by atoms with Crippen LogP contribution in [0, 0.1) is 0 Å². The molecule has 2 aliphatic rings. The highest BCUT2D eigenvalue weighted by Crippen LogP contribution is 2.50. The quantitative estimate of drug-likeness (QED) is 0.672. The van der Waals surface area contributed by atoms with Crippen LogP contribution in [-0.2, 0) is 6.42 Å². The molecule has 0 aliphatic carbocycles. The summed E-state index contributed by atoms with van der Waals surface area (Å²) in [6.45, 7) is 0.994. The van der Waals surface area contributed by atoms with Gasteiger partial charge in [-0.25, -0.2) is 0 Å². The van der Waals surface area contributed by atoms with Crippen molar-refractivity contribution in [1.29, 1.82) is 0 Å². The molecule has 0 saturated heterocycles. The predicted octanol–water partition coefficient (Wildman–Crippen LogP) is 1.34. The summed E-state index contributed by atoms with van der Waals surface area (Å²) in [5, 5.41) is 15.1. The van der Waals surface area contributed by atoms with E-state index in [4.69, 9.17) is 14.2 Å². The van der Waals surface area contributed by atoms with Crippen molar-refractivity contribution < 1.29 is 19.0 Å². The number of rotatable bonds is 4. The van der Waals surface area contributed by atoms with Crippen molar-refractivity contribution in [3.63, 3.8) is 0 Å². The number of nitrogens with one attached hydrogen (secondary N) is 1. The summed E-state index contributed by atoms with van der Waals surface area (Å²) in [4.78, 5) is 14.1. The molecule has 0 bridgehead atoms. The van der Waals surface area contributed by atoms with Crippen molar-refractivity contribution in [2.24, 2.45) is 0 Å². The first-order valence-electron chi connectivity index (χ1n) is 9.92. The number of fused-ring (bicyclic) bond motifs is 2. The Morgan fingerprint density at radius 2 is 2.06 bits per heavy atom. The molecule has 0 saturated carbocycles. The van der Waals surface area contributed by atoms with E-state index in [0.717, 1.165) is 29.8 Å². The maximum Gasteiger partial charge on any atom is 0.251 e. The van der Waals surface area contributed by atoms with Crippen LogP contribution in [0.5, 0.6) is 17.2 Å². The van der Waals surface area contributed by atoms with Gasteiger partial charge >= 0.3 is 0 Å². The zero-order chi connectivity index (χ0) is 21.5. The number of methoxy groups -OCH3 is 1. The van der Waals surface area contributed by atoms with Gasteiger partial charge in [0.2, 0.25) is 12.5 Å². The van der Waals surface area contributed by atoms with E-state index in [1.807, 2.05) is 25.2 Å². The van der Waals surface area contributed by atoms with E-state index >= 15 is 0 Å². The highest BCUT2D eigenvalue weighted by atomic mass is 16.7. The van der Waals surface area contributed by atoms with Crippen molar-refractivity contribution in [3.8, 4) is 22.9 Å². The summed E-state index contributed by atoms with van der Waals surface area (Å²) in [6.07, 6.45) is 0.845. The molecular formula is C21H22N6O4. The third-order valence-corrected chi connectivity index (χ3v) is 5.74. The van der Waals surface area contributed by atoms with Crippen LogP contribution >= 0.6 is 0 Å². The van der Waals surface area contributed by atoms with Crippen LogP contribution in [0.15, 0.2) is 30.3 Å². The molecule has 5 rings (SSSR count). The minimum absolute atomic E-state index is 0.148. The molecule has 0 spiro atoms. The summed E-state index contributed by atoms with van der Waals surface area (Å²) in [5.41, 5.74) is 3.41. The molecule has 1 N–H and O–H groups in total. The van der Waals surface area contributed by atoms with E-state index in [0.29, 0.717) is 28.6 Å². The lowest BCUT2D eigenvalue weighted by molar-refractivity contribution is 0.0963. The Kier molecular flexibility index (Phi) is 4.70. The second-order valence-corrected chi connectivity index (χ2v) is 7.42. The van der Waals surface area contributed by atoms with Gasteiger partial charge in [0.25, 0.3) is 5.91 Å². The van der Waals surface area contributed by atoms with Crippen LogP contribution in [0.4, 0.5) is 0 Å². The number of nitrogens with zero attached hydrogens (tertiary/aromatic N) is 5. The SMILES string of the molecule is CNC(=O)c1ccc(-n2nnnc2[C@@H]2c3c(cc4c(c3OC)OCO4)CCN2C)cc1. The van der Waals surface area contributed by atoms with Gasteiger partial charge in [0.1, 0.15) is 6.04 Å². The Labute approximate surface area is 178 Å². The standard InChI is InChI=1S/C21H22N6O4/c1-22-21(28)12-4-6-14(7-5-12)27-20(23-24-25-27)17-16-13(8-9-26(17)2)10-15-18(19(16)29-3)31-11-30-15/h4-7,10,17H,8-9,11H2,1-3H3,(H,22,28)/t17-/m0/s1. The molecule has 160 valence electrons. The van der Waals surface area contributed by atoms with Crippen LogP contribution in [0.1, 0.15) is 33.4 Å². The molecule has 31 heavy (non-hydrogen) atoms. The fourth-order valence-electron chi connectivity index (χ4n) is 4.21. The Morgan fingerprint density at radius 3 is 2.81 bits per heavy atom. The van der Waals surface area contributed by atoms with E-state index in [1.54, 1.807) is 31.0 Å². The van der Waals surface area contributed by atoms with Crippen molar-refractivity contribution in [3.05, 3.63) is 52.8 Å². The molecule has 0 fully saturated rings. The topological polar surface area (TPSA) is 104 Å². The maximum atomic E-state index is 11.9. The first-order chi connectivity index (χ1) is 15.1. The van der Waals surface area contributed by atoms with Crippen LogP contribution in [0.25, 0.3) is 5.69 Å². The summed E-state index contributed by atoms with van der Waals surface area (Å²) >= 11 is 0. The van der Waals surface area contributed by atoms with Crippen molar-refractivity contribution >= 4 is 5.91 Å². The lowest BCUT2D eigenvalue weighted by atomic mass is 9.90. The summed E-state index contributed by atoms with van der Waals surface area (Å²) < 4.78 is 18.8. The normalized spacial score (nSPS) is 17.3. The van der Waals surface area contributed by atoms with E-state index in [1.165, 1.54) is 0 Å². The molecule has 0 unspecified atom stereocenters. The highest BCUT2D eigenvalue weighted by Gasteiger charge is 2.37. The van der Waals surface area contributed by atoms with Gasteiger partial charge in [0, 0.05) is 24.7 Å². The first kappa shape index (κ1) is 19.3. The second kappa shape index (κ2) is 7.55. The maximum absolute atomic E-state index is 11.9. The minimum atomic E-state index is -0.248. The smallest absolute Gasteiger partial charge is 0.251 e. The van der Waals surface area contributed by atoms with Gasteiger partial charge in [-0.05, 0) is 59.8 Å². The first-order valence-corrected chi connectivity index (χ1v) is 9.92. The number of hydrogen-bond donors (Lipinski definition) is 1. The van der Waals surface area contributed by atoms with Gasteiger partial charge in [-0.1, -0.05) is 0 Å². The number of likely N-dealkylation sites (N-methyl/N-ethyl adjacent to an activating group) is 1. The third-order valence-electron chi connectivity index (χ3n) is 5.74. The van der Waals surface area contributed by atoms with Crippen molar-refractivity contribution in [1.82, 2.24) is 30.4 Å². The monoisotopic (exact) mass is 422 g/mol. The molecule has 10 nitrogen and oxygen atoms in total. The van der Waals surface area contributed by atoms with Crippen LogP contribution in [-0.4, -0.2) is 65.6 Å². The van der Waals surface area contributed by atoms with Gasteiger partial charge in [0.15, 0.2) is 17.3 Å². The number of tetrazole rings is 1. The number of amides is 1. The number of aromatic nitrogens is 4. The van der Waals surface area contributed by atoms with Crippen LogP contribution in [0.2, 0.25) is 0 Å². The third kappa shape index (κ3) is 3.07. The highest BCUT2D eigenvalue weighted by molar-refractivity contribution is 5.94. The van der Waals surface area contributed by atoms with Gasteiger partial charge in [-0.15, -0.1) is 5.10 Å². The van der Waals surface area contributed by atoms with Crippen LogP contribution < -0.4 is 19.5 Å². The van der Waals surface area contributed by atoms with Crippen molar-refractivity contribution in [2.45, 2.75) is 12.5 Å². The average molecular weight is 422 g/mol. The summed E-state index contributed by atoms with van der Waals surface area (Å²) in [7, 11) is 5.26. The van der Waals surface area contributed by atoms with Gasteiger partial charge < -0.3 is 19.5 Å². The lowest BCUT2D eigenvalue weighted by Gasteiger charge is -2.34. The average Bonchev–Trinajstić information content (AvgIpc) is 3.47. The van der Waals surface area contributed by atoms with E-state index in [9.17, 15) is 4.79 Å². The number of benzene rings is 2. The number of carbonyl (C=O) groups excluding carboxylic acids is 1. The Morgan fingerprint density at radius 1 is 1.26 bits per heavy atom. The molecule has 1 aromatic heterocycles. The Hall–Kier alpha value is -3.66. The number of hydrogen-bond acceptors (Lipinski definition) is 8. The molecule has 0 radical (unpaired) electrons. The Balaban J connectivity index is 1.62. The lowest BCUT2D eigenvalue weighted by Crippen LogP contribution is -2.35. The molecule has 1 amide bonds. The summed E-state index contributed by atoms with van der Waals surface area (Å²) in [5.74, 6) is 2.45. The molecule has 3 heterocycles. The van der Waals surface area contributed by atoms with E-state index in [2.05, 4.69) is 25.7 Å². The van der Waals surface area contributed by atoms with Crippen molar-refractivity contribution in [2.75, 3.05) is 34.5 Å². The summed E-state index contributed by atoms with van der Waals surface area (Å²) in [6, 6.07) is 8.91. The van der Waals surface area contributed by atoms with Gasteiger partial charge in [-0.2, -0.15) is 4.68 Å². The molecule has 10 heteroatoms. The fourth-order valence-corrected chi connectivity index (χ4v) is 4.21. The number of carbonyl (C=O) groups is 1. The second-order valence-electron chi connectivity index (χ2n) is 7.42. The predicted molar refractivity (Wildman–Crippen MR) is 110 cm³/mol. The largest absolute Gasteiger partial charge is 0.492 e.